The third kappa shape index (κ3) is 9.00. The van der Waals surface area contributed by atoms with Gasteiger partial charge in [0.05, 0.1) is 13.7 Å². The minimum absolute atomic E-state index is 0.241. The fourth-order valence-electron chi connectivity index (χ4n) is 1.92. The molecule has 0 heterocycles. The summed E-state index contributed by atoms with van der Waals surface area (Å²) < 4.78 is 10.5. The lowest BCUT2D eigenvalue weighted by Gasteiger charge is -2.19. The standard InChI is InChI=1S/C15H31NO3/c1-5-8-9-13(7-3)11-19-12-14(15(17)18-4)16-10-6-2/h13-14,16H,5-12H2,1-4H3. The number of hydrogen-bond donors (Lipinski definition) is 1. The number of unbranched alkanes of at least 4 members (excludes halogenated alkanes) is 1. The van der Waals surface area contributed by atoms with Crippen LogP contribution in [0.15, 0.2) is 0 Å². The molecule has 0 saturated heterocycles. The van der Waals surface area contributed by atoms with Crippen molar-refractivity contribution in [3.8, 4) is 0 Å². The smallest absolute Gasteiger partial charge is 0.325 e. The Morgan fingerprint density at radius 2 is 1.89 bits per heavy atom. The molecule has 0 aromatic heterocycles. The van der Waals surface area contributed by atoms with Crippen molar-refractivity contribution in [3.63, 3.8) is 0 Å². The number of carbonyl (C=O) groups excluding carboxylic acids is 1. The highest BCUT2D eigenvalue weighted by Crippen LogP contribution is 2.12. The molecule has 2 unspecified atom stereocenters. The molecule has 0 aromatic carbocycles. The van der Waals surface area contributed by atoms with Crippen LogP contribution in [0.25, 0.3) is 0 Å². The van der Waals surface area contributed by atoms with Gasteiger partial charge in [0.15, 0.2) is 0 Å². The first-order valence-corrected chi connectivity index (χ1v) is 7.58. The molecule has 0 aliphatic carbocycles. The number of nitrogens with one attached hydrogen (secondary N) is 1. The number of methoxy groups -OCH3 is 1. The van der Waals surface area contributed by atoms with Crippen LogP contribution in [0.1, 0.15) is 52.9 Å². The van der Waals surface area contributed by atoms with Gasteiger partial charge in [-0.25, -0.2) is 0 Å². The fraction of sp³-hybridized carbons (Fsp3) is 0.933. The van der Waals surface area contributed by atoms with Crippen molar-refractivity contribution in [2.75, 3.05) is 26.9 Å². The van der Waals surface area contributed by atoms with E-state index < -0.39 is 0 Å². The van der Waals surface area contributed by atoms with E-state index in [1.54, 1.807) is 0 Å². The molecule has 0 saturated carbocycles. The first-order chi connectivity index (χ1) is 9.19. The monoisotopic (exact) mass is 273 g/mol. The van der Waals surface area contributed by atoms with Crippen LogP contribution in [0, 0.1) is 5.92 Å². The van der Waals surface area contributed by atoms with Crippen molar-refractivity contribution in [1.82, 2.24) is 5.32 Å². The minimum Gasteiger partial charge on any atom is -0.468 e. The Labute approximate surface area is 118 Å². The molecule has 0 radical (unpaired) electrons. The van der Waals surface area contributed by atoms with Gasteiger partial charge in [-0.15, -0.1) is 0 Å². The van der Waals surface area contributed by atoms with E-state index in [0.29, 0.717) is 12.5 Å². The second kappa shape index (κ2) is 12.4. The Hall–Kier alpha value is -0.610. The predicted octanol–water partition coefficient (Wildman–Crippen LogP) is 2.76. The lowest BCUT2D eigenvalue weighted by atomic mass is 10.0. The molecule has 19 heavy (non-hydrogen) atoms. The molecule has 114 valence electrons. The molecular formula is C15H31NO3. The Bertz CT molecular complexity index is 221. The second-order valence-corrected chi connectivity index (χ2v) is 4.98. The van der Waals surface area contributed by atoms with Gasteiger partial charge in [-0.1, -0.05) is 40.0 Å². The molecule has 1 N–H and O–H groups in total. The highest BCUT2D eigenvalue weighted by atomic mass is 16.5. The Morgan fingerprint density at radius 1 is 1.16 bits per heavy atom. The van der Waals surface area contributed by atoms with Crippen molar-refractivity contribution in [3.05, 3.63) is 0 Å². The Morgan fingerprint density at radius 3 is 2.42 bits per heavy atom. The van der Waals surface area contributed by atoms with Crippen molar-refractivity contribution >= 4 is 5.97 Å². The van der Waals surface area contributed by atoms with Crippen LogP contribution < -0.4 is 5.32 Å². The molecule has 4 nitrogen and oxygen atoms in total. The average Bonchev–Trinajstić information content (AvgIpc) is 2.45. The molecule has 0 spiro atoms. The van der Waals surface area contributed by atoms with Gasteiger partial charge >= 0.3 is 5.97 Å². The topological polar surface area (TPSA) is 47.6 Å². The highest BCUT2D eigenvalue weighted by molar-refractivity contribution is 5.75. The van der Waals surface area contributed by atoms with Crippen molar-refractivity contribution in [2.24, 2.45) is 5.92 Å². The van der Waals surface area contributed by atoms with Gasteiger partial charge in [0.1, 0.15) is 6.04 Å². The minimum atomic E-state index is -0.339. The summed E-state index contributed by atoms with van der Waals surface area (Å²) in [5, 5.41) is 3.16. The SMILES string of the molecule is CCCCC(CC)COCC(NCCC)C(=O)OC. The van der Waals surface area contributed by atoms with E-state index >= 15 is 0 Å². The van der Waals surface area contributed by atoms with E-state index in [0.717, 1.165) is 26.0 Å². The lowest BCUT2D eigenvalue weighted by Crippen LogP contribution is -2.42. The van der Waals surface area contributed by atoms with Crippen LogP contribution >= 0.6 is 0 Å². The van der Waals surface area contributed by atoms with Crippen LogP contribution in [0.2, 0.25) is 0 Å². The maximum absolute atomic E-state index is 11.6. The van der Waals surface area contributed by atoms with Crippen molar-refractivity contribution in [1.29, 1.82) is 0 Å². The highest BCUT2D eigenvalue weighted by Gasteiger charge is 2.18. The van der Waals surface area contributed by atoms with E-state index in [4.69, 9.17) is 9.47 Å². The van der Waals surface area contributed by atoms with Gasteiger partial charge in [0, 0.05) is 6.61 Å². The zero-order chi connectivity index (χ0) is 14.5. The van der Waals surface area contributed by atoms with Gasteiger partial charge in [0.25, 0.3) is 0 Å². The summed E-state index contributed by atoms with van der Waals surface area (Å²) in [6.07, 6.45) is 5.79. The first-order valence-electron chi connectivity index (χ1n) is 7.58. The molecule has 0 fully saturated rings. The largest absolute Gasteiger partial charge is 0.468 e. The number of hydrogen-bond acceptors (Lipinski definition) is 4. The third-order valence-corrected chi connectivity index (χ3v) is 3.31. The Kier molecular flexibility index (Phi) is 12.0. The van der Waals surface area contributed by atoms with Crippen LogP contribution in [0.5, 0.6) is 0 Å². The first kappa shape index (κ1) is 18.4. The van der Waals surface area contributed by atoms with Crippen molar-refractivity contribution in [2.45, 2.75) is 58.9 Å². The molecule has 0 rings (SSSR count). The number of carbonyl (C=O) groups is 1. The number of ether oxygens (including phenoxy) is 2. The van der Waals surface area contributed by atoms with Gasteiger partial charge in [0.2, 0.25) is 0 Å². The molecule has 0 amide bonds. The van der Waals surface area contributed by atoms with Crippen LogP contribution in [-0.4, -0.2) is 38.9 Å². The van der Waals surface area contributed by atoms with Crippen LogP contribution in [0.4, 0.5) is 0 Å². The quantitative estimate of drug-likeness (QED) is 0.555. The van der Waals surface area contributed by atoms with E-state index in [2.05, 4.69) is 26.1 Å². The van der Waals surface area contributed by atoms with E-state index in [-0.39, 0.29) is 12.0 Å². The maximum atomic E-state index is 11.6. The van der Waals surface area contributed by atoms with E-state index in [9.17, 15) is 4.79 Å². The zero-order valence-electron chi connectivity index (χ0n) is 13.0. The van der Waals surface area contributed by atoms with E-state index in [1.807, 2.05) is 0 Å². The second-order valence-electron chi connectivity index (χ2n) is 4.98. The lowest BCUT2D eigenvalue weighted by molar-refractivity contribution is -0.145. The molecular weight excluding hydrogens is 242 g/mol. The van der Waals surface area contributed by atoms with Crippen molar-refractivity contribution < 1.29 is 14.3 Å². The molecule has 4 heteroatoms. The maximum Gasteiger partial charge on any atom is 0.325 e. The summed E-state index contributed by atoms with van der Waals surface area (Å²) in [4.78, 5) is 11.6. The van der Waals surface area contributed by atoms with E-state index in [1.165, 1.54) is 26.4 Å². The normalized spacial score (nSPS) is 14.1. The average molecular weight is 273 g/mol. The number of rotatable bonds is 12. The van der Waals surface area contributed by atoms with Gasteiger partial charge in [-0.05, 0) is 25.3 Å². The van der Waals surface area contributed by atoms with Crippen LogP contribution in [-0.2, 0) is 14.3 Å². The molecule has 0 aliphatic heterocycles. The fourth-order valence-corrected chi connectivity index (χ4v) is 1.92. The van der Waals surface area contributed by atoms with Gasteiger partial charge in [-0.3, -0.25) is 4.79 Å². The zero-order valence-corrected chi connectivity index (χ0v) is 13.0. The van der Waals surface area contributed by atoms with Gasteiger partial charge in [-0.2, -0.15) is 0 Å². The summed E-state index contributed by atoms with van der Waals surface area (Å²) in [5.74, 6) is 0.361. The summed E-state index contributed by atoms with van der Waals surface area (Å²) in [7, 11) is 1.42. The van der Waals surface area contributed by atoms with Gasteiger partial charge < -0.3 is 14.8 Å². The Balaban J connectivity index is 3.97. The summed E-state index contributed by atoms with van der Waals surface area (Å²) in [6.45, 7) is 8.40. The molecule has 2 atom stereocenters. The third-order valence-electron chi connectivity index (χ3n) is 3.31. The summed E-state index contributed by atoms with van der Waals surface area (Å²) >= 11 is 0. The molecule has 0 bridgehead atoms. The summed E-state index contributed by atoms with van der Waals surface area (Å²) in [5.41, 5.74) is 0. The molecule has 0 aliphatic rings. The number of esters is 1. The summed E-state index contributed by atoms with van der Waals surface area (Å²) in [6, 6.07) is -0.339. The predicted molar refractivity (Wildman–Crippen MR) is 78.2 cm³/mol. The van der Waals surface area contributed by atoms with Crippen LogP contribution in [0.3, 0.4) is 0 Å². The molecule has 0 aromatic rings.